The summed E-state index contributed by atoms with van der Waals surface area (Å²) in [5, 5.41) is 8.57. The fraction of sp³-hybridized carbons (Fsp3) is 0.400. The van der Waals surface area contributed by atoms with Crippen LogP contribution in [-0.4, -0.2) is 43.8 Å². The number of aromatic carboxylic acids is 1. The maximum Gasteiger partial charge on any atom is 0.371 e. The largest absolute Gasteiger partial charge is 0.475 e. The molecular weight excluding hydrogens is 216 g/mol. The number of ketones is 1. The van der Waals surface area contributed by atoms with Crippen LogP contribution in [0.15, 0.2) is 16.5 Å². The van der Waals surface area contributed by atoms with Crippen LogP contribution in [0.25, 0.3) is 0 Å². The molecule has 0 aromatic carbocycles. The summed E-state index contributed by atoms with van der Waals surface area (Å²) >= 11 is 0. The van der Waals surface area contributed by atoms with E-state index in [0.29, 0.717) is 13.2 Å². The first kappa shape index (κ1) is 12.4. The van der Waals surface area contributed by atoms with Gasteiger partial charge in [0, 0.05) is 7.11 Å². The van der Waals surface area contributed by atoms with Gasteiger partial charge in [0.05, 0.1) is 13.2 Å². The summed E-state index contributed by atoms with van der Waals surface area (Å²) < 4.78 is 14.5. The molecule has 1 heterocycles. The molecule has 0 spiro atoms. The first-order valence-corrected chi connectivity index (χ1v) is 4.58. The lowest BCUT2D eigenvalue weighted by atomic mass is 10.3. The smallest absolute Gasteiger partial charge is 0.371 e. The van der Waals surface area contributed by atoms with Crippen LogP contribution < -0.4 is 0 Å². The van der Waals surface area contributed by atoms with Gasteiger partial charge in [-0.3, -0.25) is 4.79 Å². The minimum Gasteiger partial charge on any atom is -0.475 e. The highest BCUT2D eigenvalue weighted by Gasteiger charge is 2.14. The van der Waals surface area contributed by atoms with Gasteiger partial charge < -0.3 is 19.0 Å². The van der Waals surface area contributed by atoms with Crippen molar-refractivity contribution in [1.29, 1.82) is 0 Å². The van der Waals surface area contributed by atoms with Crippen molar-refractivity contribution in [3.8, 4) is 0 Å². The molecular formula is C10H12O6. The summed E-state index contributed by atoms with van der Waals surface area (Å²) in [5.41, 5.74) is 0. The van der Waals surface area contributed by atoms with Gasteiger partial charge in [-0.2, -0.15) is 0 Å². The number of carboxylic acids is 1. The summed E-state index contributed by atoms with van der Waals surface area (Å²) in [6.07, 6.45) is 0. The lowest BCUT2D eigenvalue weighted by Crippen LogP contribution is -2.11. The number of carbonyl (C=O) groups is 2. The van der Waals surface area contributed by atoms with Crippen LogP contribution in [-0.2, 0) is 9.47 Å². The molecule has 0 aliphatic rings. The molecule has 0 atom stereocenters. The van der Waals surface area contributed by atoms with Crippen molar-refractivity contribution in [2.24, 2.45) is 0 Å². The average molecular weight is 228 g/mol. The molecule has 6 heteroatoms. The molecule has 1 aromatic rings. The van der Waals surface area contributed by atoms with Gasteiger partial charge in [0.25, 0.3) is 0 Å². The first-order valence-electron chi connectivity index (χ1n) is 4.58. The van der Waals surface area contributed by atoms with E-state index in [1.165, 1.54) is 19.2 Å². The molecule has 1 rings (SSSR count). The maximum absolute atomic E-state index is 11.4. The highest BCUT2D eigenvalue weighted by molar-refractivity contribution is 5.95. The number of methoxy groups -OCH3 is 1. The molecule has 0 aliphatic carbocycles. The quantitative estimate of drug-likeness (QED) is 0.549. The van der Waals surface area contributed by atoms with Crippen LogP contribution in [0.2, 0.25) is 0 Å². The van der Waals surface area contributed by atoms with E-state index in [1.807, 2.05) is 0 Å². The highest BCUT2D eigenvalue weighted by Crippen LogP contribution is 2.08. The van der Waals surface area contributed by atoms with Gasteiger partial charge in [-0.25, -0.2) is 4.79 Å². The van der Waals surface area contributed by atoms with E-state index in [-0.39, 0.29) is 18.1 Å². The third kappa shape index (κ3) is 3.48. The molecule has 0 amide bonds. The summed E-state index contributed by atoms with van der Waals surface area (Å²) in [6, 6.07) is 2.54. The van der Waals surface area contributed by atoms with Crippen molar-refractivity contribution in [3.05, 3.63) is 23.7 Å². The lowest BCUT2D eigenvalue weighted by molar-refractivity contribution is 0.0552. The van der Waals surface area contributed by atoms with Crippen LogP contribution in [0, 0.1) is 0 Å². The number of carbonyl (C=O) groups excluding carboxylic acids is 1. The second kappa shape index (κ2) is 6.04. The molecule has 0 unspecified atom stereocenters. The van der Waals surface area contributed by atoms with Crippen molar-refractivity contribution >= 4 is 11.8 Å². The topological polar surface area (TPSA) is 86.0 Å². The molecule has 88 valence electrons. The van der Waals surface area contributed by atoms with E-state index in [9.17, 15) is 9.59 Å². The Morgan fingerprint density at radius 2 is 2.00 bits per heavy atom. The standard InChI is InChI=1S/C10H12O6/c1-14-4-5-15-6-7(11)8-2-3-9(16-8)10(12)13/h2-3H,4-6H2,1H3,(H,12,13). The van der Waals surface area contributed by atoms with Crippen LogP contribution in [0.4, 0.5) is 0 Å². The van der Waals surface area contributed by atoms with Crippen molar-refractivity contribution in [3.63, 3.8) is 0 Å². The zero-order chi connectivity index (χ0) is 12.0. The van der Waals surface area contributed by atoms with Crippen LogP contribution in [0.3, 0.4) is 0 Å². The minimum absolute atomic E-state index is 0.0187. The SMILES string of the molecule is COCCOCC(=O)c1ccc(C(=O)O)o1. The Hall–Kier alpha value is -1.66. The number of carboxylic acid groups (broad SMARTS) is 1. The fourth-order valence-corrected chi connectivity index (χ4v) is 0.981. The molecule has 0 aliphatic heterocycles. The monoisotopic (exact) mass is 228 g/mol. The number of ether oxygens (including phenoxy) is 2. The summed E-state index contributed by atoms with van der Waals surface area (Å²) in [6.45, 7) is 0.538. The lowest BCUT2D eigenvalue weighted by Gasteiger charge is -2.00. The van der Waals surface area contributed by atoms with Crippen molar-refractivity contribution in [1.82, 2.24) is 0 Å². The van der Waals surface area contributed by atoms with E-state index < -0.39 is 11.8 Å². The average Bonchev–Trinajstić information content (AvgIpc) is 2.73. The molecule has 1 N–H and O–H groups in total. The van der Waals surface area contributed by atoms with Crippen molar-refractivity contribution in [2.45, 2.75) is 0 Å². The van der Waals surface area contributed by atoms with Gasteiger partial charge in [-0.05, 0) is 12.1 Å². The van der Waals surface area contributed by atoms with Crippen molar-refractivity contribution < 1.29 is 28.6 Å². The Kier molecular flexibility index (Phi) is 4.68. The van der Waals surface area contributed by atoms with Gasteiger partial charge in [-0.15, -0.1) is 0 Å². The highest BCUT2D eigenvalue weighted by atomic mass is 16.5. The normalized spacial score (nSPS) is 10.3. The predicted molar refractivity (Wildman–Crippen MR) is 52.7 cm³/mol. The molecule has 6 nitrogen and oxygen atoms in total. The van der Waals surface area contributed by atoms with Gasteiger partial charge in [0.15, 0.2) is 5.76 Å². The molecule has 16 heavy (non-hydrogen) atoms. The van der Waals surface area contributed by atoms with Crippen LogP contribution >= 0.6 is 0 Å². The van der Waals surface area contributed by atoms with Gasteiger partial charge in [-0.1, -0.05) is 0 Å². The Balaban J connectivity index is 2.43. The number of hydrogen-bond acceptors (Lipinski definition) is 5. The third-order valence-corrected chi connectivity index (χ3v) is 1.76. The molecule has 1 aromatic heterocycles. The zero-order valence-electron chi connectivity index (χ0n) is 8.76. The molecule has 0 radical (unpaired) electrons. The minimum atomic E-state index is -1.21. The predicted octanol–water partition coefficient (Wildman–Crippen LogP) is 0.824. The molecule has 0 saturated heterocycles. The van der Waals surface area contributed by atoms with Crippen LogP contribution in [0.1, 0.15) is 21.1 Å². The Morgan fingerprint density at radius 3 is 2.56 bits per heavy atom. The van der Waals surface area contributed by atoms with Gasteiger partial charge in [0.1, 0.15) is 6.61 Å². The van der Waals surface area contributed by atoms with E-state index in [4.69, 9.17) is 19.0 Å². The summed E-state index contributed by atoms with van der Waals surface area (Å²) in [4.78, 5) is 21.9. The van der Waals surface area contributed by atoms with E-state index >= 15 is 0 Å². The Bertz CT molecular complexity index is 367. The summed E-state index contributed by atoms with van der Waals surface area (Å²) in [7, 11) is 1.52. The molecule has 0 bridgehead atoms. The van der Waals surface area contributed by atoms with E-state index in [0.717, 1.165) is 0 Å². The molecule has 0 fully saturated rings. The second-order valence-corrected chi connectivity index (χ2v) is 2.94. The van der Waals surface area contributed by atoms with Gasteiger partial charge >= 0.3 is 5.97 Å². The number of hydrogen-bond donors (Lipinski definition) is 1. The summed E-state index contributed by atoms with van der Waals surface area (Å²) in [5.74, 6) is -1.89. The first-order chi connectivity index (χ1) is 7.65. The Labute approximate surface area is 91.8 Å². The maximum atomic E-state index is 11.4. The van der Waals surface area contributed by atoms with Crippen LogP contribution in [0.5, 0.6) is 0 Å². The fourth-order valence-electron chi connectivity index (χ4n) is 0.981. The van der Waals surface area contributed by atoms with E-state index in [2.05, 4.69) is 0 Å². The van der Waals surface area contributed by atoms with Gasteiger partial charge in [0.2, 0.25) is 11.5 Å². The second-order valence-electron chi connectivity index (χ2n) is 2.94. The molecule has 0 saturated carbocycles. The van der Waals surface area contributed by atoms with E-state index in [1.54, 1.807) is 0 Å². The third-order valence-electron chi connectivity index (χ3n) is 1.76. The zero-order valence-corrected chi connectivity index (χ0v) is 8.76. The Morgan fingerprint density at radius 1 is 1.31 bits per heavy atom. The number of furan rings is 1. The number of Topliss-reactive ketones (excluding diaryl/α,β-unsaturated/α-hetero) is 1. The number of rotatable bonds is 7. The van der Waals surface area contributed by atoms with Crippen molar-refractivity contribution in [2.75, 3.05) is 26.9 Å².